The normalized spacial score (nSPS) is 11.5. The van der Waals surface area contributed by atoms with Gasteiger partial charge in [0.1, 0.15) is 12.4 Å². The Morgan fingerprint density at radius 3 is 2.41 bits per heavy atom. The lowest BCUT2D eigenvalue weighted by Gasteiger charge is -2.22. The lowest BCUT2D eigenvalue weighted by atomic mass is 10.1. The molecule has 0 bridgehead atoms. The van der Waals surface area contributed by atoms with Crippen LogP contribution in [0, 0.1) is 5.82 Å². The first-order valence-electron chi connectivity index (χ1n) is 5.83. The van der Waals surface area contributed by atoms with E-state index in [4.69, 9.17) is 4.74 Å². The minimum atomic E-state index is -0.287. The van der Waals surface area contributed by atoms with E-state index >= 15 is 0 Å². The quantitative estimate of drug-likeness (QED) is 0.761. The zero-order valence-electron chi connectivity index (χ0n) is 10.6. The van der Waals surface area contributed by atoms with Gasteiger partial charge in [0.25, 0.3) is 0 Å². The van der Waals surface area contributed by atoms with Gasteiger partial charge in [-0.05, 0) is 38.0 Å². The monoisotopic (exact) mass is 238 g/mol. The van der Waals surface area contributed by atoms with Crippen molar-refractivity contribution in [1.82, 2.24) is 0 Å². The molecule has 2 nitrogen and oxygen atoms in total. The Bertz CT molecular complexity index is 368. The van der Waals surface area contributed by atoms with Crippen molar-refractivity contribution in [3.05, 3.63) is 35.6 Å². The first-order valence-corrected chi connectivity index (χ1v) is 5.83. The minimum Gasteiger partial charge on any atom is -0.368 e. The molecule has 0 aliphatic heterocycles. The van der Waals surface area contributed by atoms with Gasteiger partial charge in [-0.15, -0.1) is 0 Å². The second kappa shape index (κ2) is 5.92. The molecule has 0 N–H and O–H groups in total. The predicted molar refractivity (Wildman–Crippen MR) is 65.4 cm³/mol. The smallest absolute Gasteiger partial charge is 0.162 e. The molecule has 0 atom stereocenters. The maximum Gasteiger partial charge on any atom is 0.162 e. The van der Waals surface area contributed by atoms with Crippen molar-refractivity contribution >= 4 is 5.78 Å². The topological polar surface area (TPSA) is 26.3 Å². The van der Waals surface area contributed by atoms with Crippen molar-refractivity contribution in [2.45, 2.75) is 39.2 Å². The van der Waals surface area contributed by atoms with Crippen molar-refractivity contribution in [2.75, 3.05) is 6.61 Å². The van der Waals surface area contributed by atoms with Gasteiger partial charge in [0, 0.05) is 6.42 Å². The van der Waals surface area contributed by atoms with Crippen LogP contribution in [0.25, 0.3) is 0 Å². The summed E-state index contributed by atoms with van der Waals surface area (Å²) in [5.74, 6) is -0.275. The molecule has 0 unspecified atom stereocenters. The third-order valence-corrected chi connectivity index (χ3v) is 2.79. The Kier molecular flexibility index (Phi) is 4.82. The molecule has 1 aromatic carbocycles. The van der Waals surface area contributed by atoms with Crippen LogP contribution in [0.1, 0.15) is 32.8 Å². The van der Waals surface area contributed by atoms with Gasteiger partial charge in [-0.25, -0.2) is 4.39 Å². The van der Waals surface area contributed by atoms with Crippen molar-refractivity contribution in [3.8, 4) is 0 Å². The molecule has 0 radical (unpaired) electrons. The van der Waals surface area contributed by atoms with E-state index in [0.29, 0.717) is 6.42 Å². The lowest BCUT2D eigenvalue weighted by Crippen LogP contribution is -2.27. The Balaban J connectivity index is 2.42. The predicted octanol–water partition coefficient (Wildman–Crippen LogP) is 3.14. The van der Waals surface area contributed by atoms with E-state index < -0.39 is 0 Å². The van der Waals surface area contributed by atoms with Crippen molar-refractivity contribution in [1.29, 1.82) is 0 Å². The fourth-order valence-electron chi connectivity index (χ4n) is 1.26. The highest BCUT2D eigenvalue weighted by Crippen LogP contribution is 2.13. The fraction of sp³-hybridized carbons (Fsp3) is 0.500. The zero-order valence-corrected chi connectivity index (χ0v) is 10.6. The second-order valence-electron chi connectivity index (χ2n) is 4.74. The molecule has 0 aliphatic rings. The van der Waals surface area contributed by atoms with E-state index in [1.165, 1.54) is 12.1 Å². The lowest BCUT2D eigenvalue weighted by molar-refractivity contribution is -0.128. The Morgan fingerprint density at radius 2 is 1.88 bits per heavy atom. The number of carbonyl (C=O) groups is 1. The molecule has 0 saturated carbocycles. The van der Waals surface area contributed by atoms with Gasteiger partial charge in [-0.3, -0.25) is 4.79 Å². The summed E-state index contributed by atoms with van der Waals surface area (Å²) in [4.78, 5) is 11.6. The third-order valence-electron chi connectivity index (χ3n) is 2.79. The van der Waals surface area contributed by atoms with Crippen LogP contribution in [0.5, 0.6) is 0 Å². The molecule has 0 heterocycles. The van der Waals surface area contributed by atoms with Gasteiger partial charge in [-0.2, -0.15) is 0 Å². The molecule has 0 fully saturated rings. The van der Waals surface area contributed by atoms with Crippen LogP contribution >= 0.6 is 0 Å². The number of carbonyl (C=O) groups excluding carboxylic acids is 1. The number of ether oxygens (including phenoxy) is 1. The molecule has 94 valence electrons. The molecule has 1 rings (SSSR count). The van der Waals surface area contributed by atoms with Crippen LogP contribution in [0.4, 0.5) is 4.39 Å². The molecule has 0 aromatic heterocycles. The molecule has 0 spiro atoms. The van der Waals surface area contributed by atoms with E-state index in [1.807, 2.05) is 20.8 Å². The average Bonchev–Trinajstić information content (AvgIpc) is 2.30. The Labute approximate surface area is 102 Å². The van der Waals surface area contributed by atoms with Gasteiger partial charge in [-0.1, -0.05) is 19.1 Å². The highest BCUT2D eigenvalue weighted by Gasteiger charge is 2.17. The summed E-state index contributed by atoms with van der Waals surface area (Å²) >= 11 is 0. The number of hydrogen-bond donors (Lipinski definition) is 0. The second-order valence-corrected chi connectivity index (χ2v) is 4.74. The summed E-state index contributed by atoms with van der Waals surface area (Å²) in [6, 6.07) is 5.97. The summed E-state index contributed by atoms with van der Waals surface area (Å²) in [7, 11) is 0. The zero-order chi connectivity index (χ0) is 12.9. The summed E-state index contributed by atoms with van der Waals surface area (Å²) in [6.07, 6.45) is 1.15. The van der Waals surface area contributed by atoms with Gasteiger partial charge in [0.05, 0.1) is 5.60 Å². The molecule has 0 saturated heterocycles. The number of ketones is 1. The summed E-state index contributed by atoms with van der Waals surface area (Å²) in [6.45, 7) is 6.04. The van der Waals surface area contributed by atoms with Crippen molar-refractivity contribution in [3.63, 3.8) is 0 Å². The average molecular weight is 238 g/mol. The van der Waals surface area contributed by atoms with Gasteiger partial charge >= 0.3 is 0 Å². The third kappa shape index (κ3) is 5.09. The van der Waals surface area contributed by atoms with Gasteiger partial charge < -0.3 is 4.74 Å². The molecule has 17 heavy (non-hydrogen) atoms. The molecule has 3 heteroatoms. The summed E-state index contributed by atoms with van der Waals surface area (Å²) < 4.78 is 18.2. The standard InChI is InChI=1S/C14H19FO2/c1-4-14(2,3)17-10-13(16)9-11-5-7-12(15)8-6-11/h5-8H,4,9-10H2,1-3H3. The number of hydrogen-bond acceptors (Lipinski definition) is 2. The van der Waals surface area contributed by atoms with Crippen molar-refractivity contribution in [2.24, 2.45) is 0 Å². The maximum absolute atomic E-state index is 12.7. The van der Waals surface area contributed by atoms with Crippen LogP contribution in [-0.2, 0) is 16.0 Å². The van der Waals surface area contributed by atoms with Crippen LogP contribution < -0.4 is 0 Å². The highest BCUT2D eigenvalue weighted by atomic mass is 19.1. The Hall–Kier alpha value is -1.22. The summed E-state index contributed by atoms with van der Waals surface area (Å²) in [5, 5.41) is 0. The van der Waals surface area contributed by atoms with Crippen molar-refractivity contribution < 1.29 is 13.9 Å². The van der Waals surface area contributed by atoms with E-state index in [9.17, 15) is 9.18 Å². The van der Waals surface area contributed by atoms with E-state index in [2.05, 4.69) is 0 Å². The largest absolute Gasteiger partial charge is 0.368 e. The number of Topliss-reactive ketones (excluding diaryl/α,β-unsaturated/α-hetero) is 1. The van der Waals surface area contributed by atoms with Crippen LogP contribution in [0.3, 0.4) is 0 Å². The molecule has 0 amide bonds. The number of benzene rings is 1. The van der Waals surface area contributed by atoms with Crippen LogP contribution in [0.2, 0.25) is 0 Å². The van der Waals surface area contributed by atoms with E-state index in [0.717, 1.165) is 12.0 Å². The maximum atomic E-state index is 12.7. The number of halogens is 1. The number of rotatable bonds is 6. The van der Waals surface area contributed by atoms with E-state index in [-0.39, 0.29) is 23.8 Å². The summed E-state index contributed by atoms with van der Waals surface area (Å²) in [5.41, 5.74) is 0.549. The van der Waals surface area contributed by atoms with E-state index in [1.54, 1.807) is 12.1 Å². The molecule has 0 aliphatic carbocycles. The first kappa shape index (κ1) is 13.8. The molecule has 1 aromatic rings. The highest BCUT2D eigenvalue weighted by molar-refractivity contribution is 5.82. The van der Waals surface area contributed by atoms with Crippen LogP contribution in [-0.4, -0.2) is 18.0 Å². The molecular formula is C14H19FO2. The fourth-order valence-corrected chi connectivity index (χ4v) is 1.26. The Morgan fingerprint density at radius 1 is 1.29 bits per heavy atom. The molecular weight excluding hydrogens is 219 g/mol. The van der Waals surface area contributed by atoms with Crippen LogP contribution in [0.15, 0.2) is 24.3 Å². The first-order chi connectivity index (χ1) is 7.93. The van der Waals surface area contributed by atoms with Gasteiger partial charge in [0.2, 0.25) is 0 Å². The SMILES string of the molecule is CCC(C)(C)OCC(=O)Cc1ccc(F)cc1. The van der Waals surface area contributed by atoms with Gasteiger partial charge in [0.15, 0.2) is 5.78 Å². The minimum absolute atomic E-state index is 0.0122.